The van der Waals surface area contributed by atoms with Crippen molar-refractivity contribution in [2.45, 2.75) is 0 Å². The summed E-state index contributed by atoms with van der Waals surface area (Å²) in [7, 11) is 0. The van der Waals surface area contributed by atoms with Crippen LogP contribution in [0.5, 0.6) is 0 Å². The van der Waals surface area contributed by atoms with Gasteiger partial charge in [0.2, 0.25) is 0 Å². The van der Waals surface area contributed by atoms with Gasteiger partial charge in [-0.15, -0.1) is 0 Å². The van der Waals surface area contributed by atoms with Gasteiger partial charge in [-0.25, -0.2) is 9.59 Å². The van der Waals surface area contributed by atoms with Crippen LogP contribution in [0.15, 0.2) is 0 Å². The Morgan fingerprint density at radius 3 is 0.700 bits per heavy atom. The first kappa shape index (κ1) is 22.4. The van der Waals surface area contributed by atoms with E-state index in [9.17, 15) is 0 Å². The molecule has 6 nitrogen and oxygen atoms in total. The summed E-state index contributed by atoms with van der Waals surface area (Å²) in [5, 5.41) is 27.9. The summed E-state index contributed by atoms with van der Waals surface area (Å²) >= 11 is 0. The fourth-order valence-corrected chi connectivity index (χ4v) is 0. The van der Waals surface area contributed by atoms with E-state index in [1.165, 1.54) is 0 Å². The van der Waals surface area contributed by atoms with Crippen molar-refractivity contribution in [2.75, 3.05) is 0 Å². The monoisotopic (exact) mass is 172 g/mol. The van der Waals surface area contributed by atoms with Crippen LogP contribution >= 0.6 is 0 Å². The van der Waals surface area contributed by atoms with Crippen LogP contribution in [0, 0.1) is 0 Å². The van der Waals surface area contributed by atoms with Gasteiger partial charge in [-0.2, -0.15) is 0 Å². The van der Waals surface area contributed by atoms with E-state index in [1.54, 1.807) is 0 Å². The molecule has 0 amide bonds. The van der Waals surface area contributed by atoms with Crippen LogP contribution in [0.25, 0.3) is 0 Å². The van der Waals surface area contributed by atoms with E-state index in [0.29, 0.717) is 0 Å². The summed E-state index contributed by atoms with van der Waals surface area (Å²) in [6.45, 7) is 0. The van der Waals surface area contributed by atoms with Crippen LogP contribution in [0.3, 0.4) is 0 Å². The molecular weight excluding hydrogens is 166 g/mol. The Morgan fingerprint density at radius 1 is 0.700 bits per heavy atom. The van der Waals surface area contributed by atoms with Crippen molar-refractivity contribution in [2.24, 2.45) is 0 Å². The summed E-state index contributed by atoms with van der Waals surface area (Å²) in [5.41, 5.74) is 0. The van der Waals surface area contributed by atoms with Crippen LogP contribution in [0.2, 0.25) is 0 Å². The Labute approximate surface area is 100 Å². The van der Waals surface area contributed by atoms with Crippen LogP contribution in [-0.2, 0) is 0 Å². The Kier molecular flexibility index (Phi) is 36.5. The predicted molar refractivity (Wildman–Crippen MR) is 35.6 cm³/mol. The van der Waals surface area contributed by atoms with E-state index < -0.39 is 12.3 Å². The van der Waals surface area contributed by atoms with Crippen molar-refractivity contribution in [3.63, 3.8) is 0 Å². The fraction of sp³-hybridized carbons (Fsp3) is 0. The first-order chi connectivity index (χ1) is 3.46. The van der Waals surface area contributed by atoms with E-state index in [4.69, 9.17) is 30.0 Å². The molecule has 0 bridgehead atoms. The molecule has 10 heavy (non-hydrogen) atoms. The van der Waals surface area contributed by atoms with Gasteiger partial charge in [0.25, 0.3) is 0 Å². The maximum absolute atomic E-state index is 8.56. The van der Waals surface area contributed by atoms with E-state index >= 15 is 0 Å². The van der Waals surface area contributed by atoms with E-state index in [-0.39, 0.29) is 59.1 Å². The Hall–Kier alpha value is 0.540. The zero-order valence-electron chi connectivity index (χ0n) is 3.61. The summed E-state index contributed by atoms with van der Waals surface area (Å²) in [6, 6.07) is 0. The number of hydrogen-bond donors (Lipinski definition) is 4. The van der Waals surface area contributed by atoms with Gasteiger partial charge in [0.15, 0.2) is 0 Å². The van der Waals surface area contributed by atoms with E-state index in [2.05, 4.69) is 0 Å². The van der Waals surface area contributed by atoms with Gasteiger partial charge >= 0.3 is 71.4 Å². The molecule has 52 valence electrons. The van der Waals surface area contributed by atoms with E-state index in [0.717, 1.165) is 0 Å². The average Bonchev–Trinajstić information content (AvgIpc) is 1.25. The van der Waals surface area contributed by atoms with Gasteiger partial charge in [-0.05, 0) is 0 Å². The Balaban J connectivity index is -0.0000000300. The number of carboxylic acid groups (broad SMARTS) is 4. The molecule has 8 heteroatoms. The summed E-state index contributed by atoms with van der Waals surface area (Å²) < 4.78 is 0. The molecule has 0 spiro atoms. The van der Waals surface area contributed by atoms with Gasteiger partial charge in [0, 0.05) is 0 Å². The van der Waals surface area contributed by atoms with Crippen molar-refractivity contribution in [1.29, 1.82) is 0 Å². The molecule has 0 atom stereocenters. The van der Waals surface area contributed by atoms with Gasteiger partial charge in [0.1, 0.15) is 0 Å². The van der Waals surface area contributed by atoms with Crippen LogP contribution in [0.1, 0.15) is 0 Å². The third-order valence-corrected chi connectivity index (χ3v) is 0. The number of rotatable bonds is 0. The molecule has 0 unspecified atom stereocenters. The van der Waals surface area contributed by atoms with Gasteiger partial charge < -0.3 is 20.4 Å². The molecule has 0 rings (SSSR count). The second kappa shape index (κ2) is 16.3. The number of carbonyl (C=O) groups is 2. The molecule has 0 aliphatic rings. The van der Waals surface area contributed by atoms with Gasteiger partial charge in [-0.3, -0.25) is 0 Å². The maximum atomic E-state index is 8.56. The minimum absolute atomic E-state index is 0. The van der Waals surface area contributed by atoms with Crippen molar-refractivity contribution in [3.8, 4) is 0 Å². The number of hydrogen-bond acceptors (Lipinski definition) is 2. The van der Waals surface area contributed by atoms with Crippen molar-refractivity contribution >= 4 is 71.4 Å². The van der Waals surface area contributed by atoms with Crippen LogP contribution in [-0.4, -0.2) is 91.9 Å². The summed E-state index contributed by atoms with van der Waals surface area (Å²) in [5.74, 6) is 0. The third kappa shape index (κ3) is 1660. The molecule has 0 aliphatic heterocycles. The molecule has 0 saturated carbocycles. The molecule has 0 saturated heterocycles. The quantitative estimate of drug-likeness (QED) is 0.353. The molecule has 0 aromatic heterocycles. The molecule has 0 aliphatic carbocycles. The molecule has 0 fully saturated rings. The van der Waals surface area contributed by atoms with Crippen LogP contribution in [0.4, 0.5) is 9.59 Å². The predicted octanol–water partition coefficient (Wildman–Crippen LogP) is -0.852. The molecular formula is C2H6Na2O6. The fourth-order valence-electron chi connectivity index (χ4n) is 0. The Morgan fingerprint density at radius 2 is 0.700 bits per heavy atom. The van der Waals surface area contributed by atoms with Crippen LogP contribution < -0.4 is 0 Å². The standard InChI is InChI=1S/2CH2O3.2Na.2H/c2*2-1(3)4;;;;/h2*(H2,2,3,4);;;;. The average molecular weight is 172 g/mol. The van der Waals surface area contributed by atoms with Gasteiger partial charge in [0.05, 0.1) is 0 Å². The second-order valence-electron chi connectivity index (χ2n) is 0.565. The minimum atomic E-state index is -1.83. The summed E-state index contributed by atoms with van der Waals surface area (Å²) in [4.78, 5) is 17.1. The molecule has 0 heterocycles. The van der Waals surface area contributed by atoms with Gasteiger partial charge in [-0.1, -0.05) is 0 Å². The first-order valence-electron chi connectivity index (χ1n) is 1.30. The normalized spacial score (nSPS) is 4.80. The second-order valence-corrected chi connectivity index (χ2v) is 0.565. The van der Waals surface area contributed by atoms with E-state index in [1.807, 2.05) is 0 Å². The van der Waals surface area contributed by atoms with Crippen molar-refractivity contribution in [1.82, 2.24) is 0 Å². The first-order valence-corrected chi connectivity index (χ1v) is 1.30. The van der Waals surface area contributed by atoms with Crippen molar-refractivity contribution in [3.05, 3.63) is 0 Å². The van der Waals surface area contributed by atoms with Crippen molar-refractivity contribution < 1.29 is 30.0 Å². The third-order valence-electron chi connectivity index (χ3n) is 0. The molecule has 0 aromatic rings. The molecule has 4 N–H and O–H groups in total. The summed E-state index contributed by atoms with van der Waals surface area (Å²) in [6.07, 6.45) is -3.67. The Bertz CT molecular complexity index is 71.7. The topological polar surface area (TPSA) is 115 Å². The SMILES string of the molecule is O=C(O)O.O=C(O)O.[NaH].[NaH]. The molecule has 0 aromatic carbocycles. The zero-order chi connectivity index (χ0) is 7.15. The zero-order valence-corrected chi connectivity index (χ0v) is 3.61. The molecule has 0 radical (unpaired) electrons.